The number of aliphatic hydroxyl groups is 1. The molecule has 0 aliphatic heterocycles. The third-order valence-corrected chi connectivity index (χ3v) is 2.01. The van der Waals surface area contributed by atoms with Crippen molar-refractivity contribution in [2.75, 3.05) is 19.8 Å². The second-order valence-electron chi connectivity index (χ2n) is 3.13. The zero-order valence-electron chi connectivity index (χ0n) is 9.08. The summed E-state index contributed by atoms with van der Waals surface area (Å²) in [4.78, 5) is 11.3. The molecular weight excluding hydrogens is 182 g/mol. The van der Waals surface area contributed by atoms with Crippen molar-refractivity contribution in [1.82, 2.24) is 5.32 Å². The third kappa shape index (κ3) is 6.86. The van der Waals surface area contributed by atoms with Gasteiger partial charge in [0.1, 0.15) is 0 Å². The van der Waals surface area contributed by atoms with E-state index >= 15 is 0 Å². The molecule has 84 valence electrons. The summed E-state index contributed by atoms with van der Waals surface area (Å²) in [7, 11) is 0. The maximum Gasteiger partial charge on any atom is 0.222 e. The summed E-state index contributed by atoms with van der Waals surface area (Å²) in [5.41, 5.74) is 0. The smallest absolute Gasteiger partial charge is 0.222 e. The van der Waals surface area contributed by atoms with Gasteiger partial charge in [-0.05, 0) is 19.8 Å². The van der Waals surface area contributed by atoms with Crippen LogP contribution in [0.1, 0.15) is 33.1 Å². The number of ether oxygens (including phenoxy) is 1. The number of carbonyl (C=O) groups excluding carboxylic acids is 1. The quantitative estimate of drug-likeness (QED) is 0.571. The summed E-state index contributed by atoms with van der Waals surface area (Å²) < 4.78 is 5.07. The first-order valence-corrected chi connectivity index (χ1v) is 5.22. The van der Waals surface area contributed by atoms with E-state index in [1.54, 1.807) is 0 Å². The number of amides is 1. The molecule has 0 fully saturated rings. The maximum absolute atomic E-state index is 11.3. The molecule has 1 unspecified atom stereocenters. The van der Waals surface area contributed by atoms with Gasteiger partial charge < -0.3 is 15.2 Å². The Morgan fingerprint density at radius 1 is 1.50 bits per heavy atom. The van der Waals surface area contributed by atoms with E-state index in [-0.39, 0.29) is 18.6 Å². The number of carbonyl (C=O) groups is 1. The zero-order valence-corrected chi connectivity index (χ0v) is 9.08. The predicted molar refractivity (Wildman–Crippen MR) is 55.0 cm³/mol. The Balaban J connectivity index is 3.56. The molecule has 4 heteroatoms. The van der Waals surface area contributed by atoms with Crippen LogP contribution in [0.4, 0.5) is 0 Å². The van der Waals surface area contributed by atoms with Crippen molar-refractivity contribution >= 4 is 5.91 Å². The van der Waals surface area contributed by atoms with Gasteiger partial charge in [-0.2, -0.15) is 0 Å². The van der Waals surface area contributed by atoms with Gasteiger partial charge in [0.15, 0.2) is 0 Å². The molecule has 0 radical (unpaired) electrons. The van der Waals surface area contributed by atoms with Gasteiger partial charge in [0, 0.05) is 25.7 Å². The standard InChI is InChI=1S/C10H21NO3/c1-3-9(5-7-12)11-10(13)6-8-14-4-2/h9,12H,3-8H2,1-2H3,(H,11,13). The molecule has 14 heavy (non-hydrogen) atoms. The average molecular weight is 203 g/mol. The molecular formula is C10H21NO3. The predicted octanol–water partition coefficient (Wildman–Crippen LogP) is 0.690. The van der Waals surface area contributed by atoms with Gasteiger partial charge in [-0.1, -0.05) is 6.92 Å². The van der Waals surface area contributed by atoms with Crippen LogP contribution in [0.15, 0.2) is 0 Å². The van der Waals surface area contributed by atoms with Crippen LogP contribution in [-0.2, 0) is 9.53 Å². The molecule has 0 saturated heterocycles. The molecule has 1 atom stereocenters. The first-order chi connectivity index (χ1) is 6.74. The van der Waals surface area contributed by atoms with Gasteiger partial charge in [-0.15, -0.1) is 0 Å². The third-order valence-electron chi connectivity index (χ3n) is 2.01. The lowest BCUT2D eigenvalue weighted by atomic mass is 10.1. The lowest BCUT2D eigenvalue weighted by Crippen LogP contribution is -2.35. The normalized spacial score (nSPS) is 12.5. The van der Waals surface area contributed by atoms with Crippen molar-refractivity contribution < 1.29 is 14.6 Å². The van der Waals surface area contributed by atoms with Crippen LogP contribution < -0.4 is 5.32 Å². The first kappa shape index (κ1) is 13.4. The summed E-state index contributed by atoms with van der Waals surface area (Å²) in [5, 5.41) is 11.6. The number of hydrogen-bond acceptors (Lipinski definition) is 3. The average Bonchev–Trinajstić information content (AvgIpc) is 2.17. The second kappa shape index (κ2) is 8.97. The highest BCUT2D eigenvalue weighted by atomic mass is 16.5. The van der Waals surface area contributed by atoms with Gasteiger partial charge >= 0.3 is 0 Å². The minimum absolute atomic E-state index is 0.00116. The lowest BCUT2D eigenvalue weighted by Gasteiger charge is -2.15. The minimum Gasteiger partial charge on any atom is -0.396 e. The number of rotatable bonds is 8. The van der Waals surface area contributed by atoms with Crippen LogP contribution in [0.2, 0.25) is 0 Å². The summed E-state index contributed by atoms with van der Waals surface area (Å²) >= 11 is 0. The van der Waals surface area contributed by atoms with E-state index < -0.39 is 0 Å². The highest BCUT2D eigenvalue weighted by Gasteiger charge is 2.08. The van der Waals surface area contributed by atoms with E-state index in [2.05, 4.69) is 5.32 Å². The number of hydrogen-bond donors (Lipinski definition) is 2. The van der Waals surface area contributed by atoms with Crippen molar-refractivity contribution in [3.8, 4) is 0 Å². The Morgan fingerprint density at radius 2 is 2.21 bits per heavy atom. The molecule has 0 aromatic rings. The molecule has 2 N–H and O–H groups in total. The van der Waals surface area contributed by atoms with Gasteiger partial charge in [0.05, 0.1) is 6.61 Å². The Bertz CT molecular complexity index is 150. The molecule has 0 saturated carbocycles. The van der Waals surface area contributed by atoms with E-state index in [9.17, 15) is 4.79 Å². The van der Waals surface area contributed by atoms with E-state index in [4.69, 9.17) is 9.84 Å². The van der Waals surface area contributed by atoms with E-state index in [1.165, 1.54) is 0 Å². The minimum atomic E-state index is -0.00116. The molecule has 0 spiro atoms. The maximum atomic E-state index is 11.3. The fourth-order valence-corrected chi connectivity index (χ4v) is 1.14. The van der Waals surface area contributed by atoms with Crippen LogP contribution in [0, 0.1) is 0 Å². The van der Waals surface area contributed by atoms with Crippen molar-refractivity contribution in [2.24, 2.45) is 0 Å². The van der Waals surface area contributed by atoms with E-state index in [0.717, 1.165) is 6.42 Å². The molecule has 0 rings (SSSR count). The fraction of sp³-hybridized carbons (Fsp3) is 0.900. The second-order valence-corrected chi connectivity index (χ2v) is 3.13. The molecule has 1 amide bonds. The Kier molecular flexibility index (Phi) is 8.57. The van der Waals surface area contributed by atoms with E-state index in [0.29, 0.717) is 26.1 Å². The Labute approximate surface area is 85.6 Å². The van der Waals surface area contributed by atoms with Gasteiger partial charge in [0.2, 0.25) is 5.91 Å². The summed E-state index contributed by atoms with van der Waals surface area (Å²) in [6.45, 7) is 5.12. The summed E-state index contributed by atoms with van der Waals surface area (Å²) in [6, 6.07) is 0.0918. The molecule has 0 aromatic heterocycles. The van der Waals surface area contributed by atoms with Crippen LogP contribution in [-0.4, -0.2) is 36.9 Å². The van der Waals surface area contributed by atoms with Crippen molar-refractivity contribution in [1.29, 1.82) is 0 Å². The van der Waals surface area contributed by atoms with Gasteiger partial charge in [-0.25, -0.2) is 0 Å². The van der Waals surface area contributed by atoms with Crippen molar-refractivity contribution in [2.45, 2.75) is 39.2 Å². The highest BCUT2D eigenvalue weighted by molar-refractivity contribution is 5.76. The molecule has 0 bridgehead atoms. The molecule has 4 nitrogen and oxygen atoms in total. The van der Waals surface area contributed by atoms with E-state index in [1.807, 2.05) is 13.8 Å². The number of nitrogens with one attached hydrogen (secondary N) is 1. The highest BCUT2D eigenvalue weighted by Crippen LogP contribution is 1.97. The van der Waals surface area contributed by atoms with Crippen LogP contribution in [0.3, 0.4) is 0 Å². The van der Waals surface area contributed by atoms with Crippen molar-refractivity contribution in [3.63, 3.8) is 0 Å². The van der Waals surface area contributed by atoms with Gasteiger partial charge in [0.25, 0.3) is 0 Å². The lowest BCUT2D eigenvalue weighted by molar-refractivity contribution is -0.122. The van der Waals surface area contributed by atoms with Crippen LogP contribution in [0.5, 0.6) is 0 Å². The fourth-order valence-electron chi connectivity index (χ4n) is 1.14. The van der Waals surface area contributed by atoms with Crippen LogP contribution in [0.25, 0.3) is 0 Å². The monoisotopic (exact) mass is 203 g/mol. The summed E-state index contributed by atoms with van der Waals surface area (Å²) in [6.07, 6.45) is 1.87. The largest absolute Gasteiger partial charge is 0.396 e. The molecule has 0 aromatic carbocycles. The first-order valence-electron chi connectivity index (χ1n) is 5.22. The Morgan fingerprint density at radius 3 is 2.71 bits per heavy atom. The molecule has 0 heterocycles. The van der Waals surface area contributed by atoms with Gasteiger partial charge in [-0.3, -0.25) is 4.79 Å². The van der Waals surface area contributed by atoms with Crippen molar-refractivity contribution in [3.05, 3.63) is 0 Å². The number of aliphatic hydroxyl groups excluding tert-OH is 1. The summed E-state index contributed by atoms with van der Waals surface area (Å²) in [5.74, 6) is -0.00116. The zero-order chi connectivity index (χ0) is 10.8. The molecule has 0 aliphatic rings. The van der Waals surface area contributed by atoms with Crippen LogP contribution >= 0.6 is 0 Å². The Hall–Kier alpha value is -0.610. The SMILES string of the molecule is CCOCCC(=O)NC(CC)CCO. The topological polar surface area (TPSA) is 58.6 Å². The molecule has 0 aliphatic carbocycles.